The monoisotopic (exact) mass is 438 g/mol. The maximum atomic E-state index is 11.3. The first-order valence-electron chi connectivity index (χ1n) is 8.91. The van der Waals surface area contributed by atoms with E-state index in [0.29, 0.717) is 12.8 Å². The number of aliphatic hydroxyl groups excluding tert-OH is 2. The predicted octanol–water partition coefficient (Wildman–Crippen LogP) is 0.128. The number of ether oxygens (including phenoxy) is 1. The van der Waals surface area contributed by atoms with E-state index in [2.05, 4.69) is 22.2 Å². The van der Waals surface area contributed by atoms with E-state index in [0.717, 1.165) is 4.90 Å². The summed E-state index contributed by atoms with van der Waals surface area (Å²) in [6.45, 7) is 3.95. The number of carbonyl (C=O) groups excluding carboxylic acids is 2. The van der Waals surface area contributed by atoms with Crippen LogP contribution in [0.15, 0.2) is 16.8 Å². The van der Waals surface area contributed by atoms with E-state index in [1.54, 1.807) is 0 Å². The topological polar surface area (TPSA) is 137 Å². The van der Waals surface area contributed by atoms with Gasteiger partial charge in [0.2, 0.25) is 12.8 Å². The summed E-state index contributed by atoms with van der Waals surface area (Å²) in [5.41, 5.74) is 5.99. The summed E-state index contributed by atoms with van der Waals surface area (Å²) in [6, 6.07) is 0. The first-order chi connectivity index (χ1) is 14.1. The summed E-state index contributed by atoms with van der Waals surface area (Å²) in [4.78, 5) is 26.4. The summed E-state index contributed by atoms with van der Waals surface area (Å²) in [6.07, 6.45) is -3.85. The summed E-state index contributed by atoms with van der Waals surface area (Å²) in [7, 11) is 1.47. The van der Waals surface area contributed by atoms with Crippen molar-refractivity contribution in [2.45, 2.75) is 51.8 Å². The quantitative estimate of drug-likeness (QED) is 0.147. The van der Waals surface area contributed by atoms with Crippen LogP contribution in [0.5, 0.6) is 0 Å². The Morgan fingerprint density at radius 1 is 1.40 bits per heavy atom. The van der Waals surface area contributed by atoms with Gasteiger partial charge in [-0.05, 0) is 0 Å². The molecule has 12 heteroatoms. The van der Waals surface area contributed by atoms with E-state index in [1.165, 1.54) is 13.2 Å². The molecule has 172 valence electrons. The molecule has 9 nitrogen and oxygen atoms in total. The van der Waals surface area contributed by atoms with Gasteiger partial charge in [-0.3, -0.25) is 19.5 Å². The first-order valence-corrected chi connectivity index (χ1v) is 8.91. The lowest BCUT2D eigenvalue weighted by atomic mass is 10.2. The molecule has 1 heterocycles. The molecule has 0 aliphatic carbocycles. The van der Waals surface area contributed by atoms with Gasteiger partial charge in [0.15, 0.2) is 0 Å². The smallest absolute Gasteiger partial charge is 0.386 e. The fourth-order valence-electron chi connectivity index (χ4n) is 1.91. The van der Waals surface area contributed by atoms with Crippen LogP contribution in [0.1, 0.15) is 27.2 Å². The second-order valence-corrected chi connectivity index (χ2v) is 5.40. The molecular formula is C18H29F3N4O5. The number of amidine groups is 1. The zero-order valence-corrected chi connectivity index (χ0v) is 17.3. The van der Waals surface area contributed by atoms with Crippen molar-refractivity contribution < 1.29 is 37.7 Å². The molecule has 3 atom stereocenters. The standard InChI is InChI=1S/C14H20N4O5.C2H3F3.C2H6/c1-16-14(15)10(3-2-4-17-8-20)6-18(9-21)13-5-11(22)12(7-19)23-13;1-2(3,4)5;1-2/h6,8-9,11-13,19,22H,4-5,7H2,1H3,(H2,15,16)(H,17,20);1H3;1-2H3/b10-6-;;. The third-order valence-electron chi connectivity index (χ3n) is 3.13. The third kappa shape index (κ3) is 13.5. The molecule has 3 unspecified atom stereocenters. The van der Waals surface area contributed by atoms with E-state index < -0.39 is 24.6 Å². The number of amides is 2. The highest BCUT2D eigenvalue weighted by molar-refractivity contribution is 6.01. The van der Waals surface area contributed by atoms with Crippen LogP contribution < -0.4 is 11.1 Å². The summed E-state index contributed by atoms with van der Waals surface area (Å²) in [5.74, 6) is 5.46. The van der Waals surface area contributed by atoms with Crippen LogP contribution in [0, 0.1) is 11.8 Å². The number of hydrogen-bond acceptors (Lipinski definition) is 6. The molecule has 0 radical (unpaired) electrons. The summed E-state index contributed by atoms with van der Waals surface area (Å²) >= 11 is 0. The fourth-order valence-corrected chi connectivity index (χ4v) is 1.91. The minimum absolute atomic E-state index is 0.104. The van der Waals surface area contributed by atoms with Crippen LogP contribution in [-0.2, 0) is 14.3 Å². The van der Waals surface area contributed by atoms with Crippen molar-refractivity contribution in [3.05, 3.63) is 11.8 Å². The first kappa shape index (κ1) is 29.6. The van der Waals surface area contributed by atoms with Gasteiger partial charge in [0.1, 0.15) is 18.2 Å². The molecule has 1 saturated heterocycles. The van der Waals surface area contributed by atoms with Crippen molar-refractivity contribution in [3.8, 4) is 11.8 Å². The lowest BCUT2D eigenvalue weighted by Crippen LogP contribution is -2.31. The Kier molecular flexibility index (Phi) is 16.0. The molecule has 0 spiro atoms. The number of aliphatic hydroxyl groups is 2. The lowest BCUT2D eigenvalue weighted by Gasteiger charge is -2.21. The van der Waals surface area contributed by atoms with Gasteiger partial charge in [-0.1, -0.05) is 25.7 Å². The number of rotatable bonds is 7. The minimum atomic E-state index is -4.00. The molecule has 1 fully saturated rings. The number of aliphatic imine (C=N–C) groups is 1. The SMILES string of the molecule is CC.CC(F)(F)F.CN=C(N)/C(C#CCNC=O)=C\N(C=O)C1CC(O)C(CO)O1. The van der Waals surface area contributed by atoms with Crippen LogP contribution in [0.3, 0.4) is 0 Å². The number of nitrogens with one attached hydrogen (secondary N) is 1. The van der Waals surface area contributed by atoms with E-state index in [1.807, 2.05) is 13.8 Å². The molecule has 5 N–H and O–H groups in total. The average Bonchev–Trinajstić information content (AvgIpc) is 3.07. The Morgan fingerprint density at radius 2 is 1.97 bits per heavy atom. The van der Waals surface area contributed by atoms with Crippen molar-refractivity contribution in [2.24, 2.45) is 10.7 Å². The Morgan fingerprint density at radius 3 is 2.37 bits per heavy atom. The van der Waals surface area contributed by atoms with Crippen LogP contribution in [0.25, 0.3) is 0 Å². The largest absolute Gasteiger partial charge is 0.394 e. The van der Waals surface area contributed by atoms with Gasteiger partial charge in [0, 0.05) is 26.6 Å². The molecule has 0 aromatic carbocycles. The highest BCUT2D eigenvalue weighted by Gasteiger charge is 2.36. The van der Waals surface area contributed by atoms with Gasteiger partial charge in [-0.25, -0.2) is 0 Å². The number of halogens is 3. The molecule has 1 aliphatic rings. The predicted molar refractivity (Wildman–Crippen MR) is 105 cm³/mol. The Balaban J connectivity index is 0. The minimum Gasteiger partial charge on any atom is -0.394 e. The number of carbonyl (C=O) groups is 2. The molecule has 30 heavy (non-hydrogen) atoms. The number of nitrogens with two attached hydrogens (primary N) is 1. The van der Waals surface area contributed by atoms with Crippen molar-refractivity contribution in [3.63, 3.8) is 0 Å². The fraction of sp³-hybridized carbons (Fsp3) is 0.611. The molecule has 0 aromatic rings. The second-order valence-electron chi connectivity index (χ2n) is 5.40. The zero-order chi connectivity index (χ0) is 23.7. The zero-order valence-electron chi connectivity index (χ0n) is 17.3. The third-order valence-corrected chi connectivity index (χ3v) is 3.13. The van der Waals surface area contributed by atoms with Gasteiger partial charge >= 0.3 is 6.18 Å². The van der Waals surface area contributed by atoms with Gasteiger partial charge < -0.3 is 26.0 Å². The maximum absolute atomic E-state index is 11.3. The van der Waals surface area contributed by atoms with E-state index >= 15 is 0 Å². The van der Waals surface area contributed by atoms with Crippen molar-refractivity contribution in [1.29, 1.82) is 0 Å². The number of alkyl halides is 3. The van der Waals surface area contributed by atoms with Crippen LogP contribution in [0.2, 0.25) is 0 Å². The number of hydrogen-bond donors (Lipinski definition) is 4. The molecule has 1 aliphatic heterocycles. The normalized spacial score (nSPS) is 21.0. The van der Waals surface area contributed by atoms with E-state index in [9.17, 15) is 27.9 Å². The Hall–Kier alpha value is -2.62. The van der Waals surface area contributed by atoms with Gasteiger partial charge in [-0.2, -0.15) is 13.2 Å². The molecule has 0 saturated carbocycles. The van der Waals surface area contributed by atoms with Gasteiger partial charge in [0.05, 0.1) is 24.8 Å². The van der Waals surface area contributed by atoms with Gasteiger partial charge in [0.25, 0.3) is 0 Å². The number of nitrogens with zero attached hydrogens (tertiary/aromatic N) is 2. The highest BCUT2D eigenvalue weighted by atomic mass is 19.4. The Bertz CT molecular complexity index is 624. The Labute approximate surface area is 173 Å². The summed E-state index contributed by atoms with van der Waals surface area (Å²) < 4.78 is 36.5. The summed E-state index contributed by atoms with van der Waals surface area (Å²) in [5, 5.41) is 21.2. The average molecular weight is 438 g/mol. The van der Waals surface area contributed by atoms with Crippen LogP contribution in [0.4, 0.5) is 13.2 Å². The van der Waals surface area contributed by atoms with Crippen LogP contribution >= 0.6 is 0 Å². The van der Waals surface area contributed by atoms with Crippen molar-refractivity contribution in [2.75, 3.05) is 20.2 Å². The van der Waals surface area contributed by atoms with Crippen molar-refractivity contribution >= 4 is 18.7 Å². The van der Waals surface area contributed by atoms with Gasteiger partial charge in [-0.15, -0.1) is 0 Å². The molecular weight excluding hydrogens is 409 g/mol. The molecule has 1 rings (SSSR count). The molecule has 2 amide bonds. The van der Waals surface area contributed by atoms with Crippen LogP contribution in [-0.4, -0.2) is 78.6 Å². The maximum Gasteiger partial charge on any atom is 0.386 e. The lowest BCUT2D eigenvalue weighted by molar-refractivity contribution is -0.128. The highest BCUT2D eigenvalue weighted by Crippen LogP contribution is 2.23. The second kappa shape index (κ2) is 16.2. The van der Waals surface area contributed by atoms with E-state index in [4.69, 9.17) is 15.6 Å². The van der Waals surface area contributed by atoms with Crippen molar-refractivity contribution in [1.82, 2.24) is 10.2 Å². The molecule has 0 aromatic heterocycles. The molecule has 0 bridgehead atoms. The van der Waals surface area contributed by atoms with E-state index in [-0.39, 0.29) is 37.9 Å².